The lowest BCUT2D eigenvalue weighted by Gasteiger charge is -2.17. The number of carbonyl (C=O) groups is 1. The lowest BCUT2D eigenvalue weighted by atomic mass is 10.2. The zero-order chi connectivity index (χ0) is 18.0. The van der Waals surface area contributed by atoms with Crippen LogP contribution in [0.5, 0.6) is 0 Å². The smallest absolute Gasteiger partial charge is 0.261 e. The van der Waals surface area contributed by atoms with Gasteiger partial charge in [0, 0.05) is 24.8 Å². The van der Waals surface area contributed by atoms with Crippen molar-refractivity contribution in [1.82, 2.24) is 9.55 Å². The average Bonchev–Trinajstić information content (AvgIpc) is 2.62. The zero-order valence-electron chi connectivity index (χ0n) is 13.8. The average molecular weight is 374 g/mol. The first-order valence-electron chi connectivity index (χ1n) is 7.58. The monoisotopic (exact) mass is 373 g/mol. The maximum absolute atomic E-state index is 12.4. The molecule has 1 heterocycles. The molecule has 2 aromatic carbocycles. The summed E-state index contributed by atoms with van der Waals surface area (Å²) in [7, 11) is 3.36. The van der Waals surface area contributed by atoms with Gasteiger partial charge in [-0.15, -0.1) is 0 Å². The molecule has 1 aromatic heterocycles. The van der Waals surface area contributed by atoms with Gasteiger partial charge in [0.05, 0.1) is 16.7 Å². The number of thioether (sulfide) groups is 1. The van der Waals surface area contributed by atoms with E-state index in [9.17, 15) is 9.59 Å². The highest BCUT2D eigenvalue weighted by atomic mass is 35.5. The molecule has 0 aliphatic heterocycles. The Hall–Kier alpha value is -2.31. The third-order valence-electron chi connectivity index (χ3n) is 3.84. The number of rotatable bonds is 4. The first-order valence-corrected chi connectivity index (χ1v) is 8.94. The predicted octanol–water partition coefficient (Wildman–Crippen LogP) is 3.34. The number of carbonyl (C=O) groups excluding carboxylic acids is 1. The Labute approximate surface area is 154 Å². The fraction of sp³-hybridized carbons (Fsp3) is 0.167. The molecule has 128 valence electrons. The van der Waals surface area contributed by atoms with Gasteiger partial charge in [0.2, 0.25) is 5.91 Å². The van der Waals surface area contributed by atoms with Gasteiger partial charge in [-0.05, 0) is 30.3 Å². The van der Waals surface area contributed by atoms with Crippen molar-refractivity contribution in [2.24, 2.45) is 7.05 Å². The molecule has 0 aliphatic rings. The molecule has 25 heavy (non-hydrogen) atoms. The van der Waals surface area contributed by atoms with Gasteiger partial charge in [-0.1, -0.05) is 41.6 Å². The first-order chi connectivity index (χ1) is 12.0. The molecule has 0 saturated heterocycles. The number of nitrogens with zero attached hydrogens (tertiary/aromatic N) is 3. The van der Waals surface area contributed by atoms with Crippen molar-refractivity contribution in [2.45, 2.75) is 5.16 Å². The van der Waals surface area contributed by atoms with Gasteiger partial charge in [-0.25, -0.2) is 4.98 Å². The third kappa shape index (κ3) is 3.70. The molecular formula is C18H16ClN3O2S. The summed E-state index contributed by atoms with van der Waals surface area (Å²) in [5.41, 5.74) is 1.23. The number of hydrogen-bond acceptors (Lipinski definition) is 4. The second-order valence-electron chi connectivity index (χ2n) is 5.50. The standard InChI is InChI=1S/C18H16ClN3O2S/c1-21(13-7-5-6-12(19)10-13)16(23)11-25-18-20-15-9-4-3-8-14(15)17(24)22(18)2/h3-10H,11H2,1-2H3. The Morgan fingerprint density at radius 2 is 2.00 bits per heavy atom. The van der Waals surface area contributed by atoms with Crippen LogP contribution in [0.3, 0.4) is 0 Å². The SMILES string of the molecule is CN(C(=O)CSc1nc2ccccc2c(=O)n1C)c1cccc(Cl)c1. The minimum absolute atomic E-state index is 0.102. The molecule has 0 N–H and O–H groups in total. The molecule has 0 atom stereocenters. The van der Waals surface area contributed by atoms with E-state index in [1.165, 1.54) is 21.2 Å². The molecule has 0 spiro atoms. The Morgan fingerprint density at radius 1 is 1.24 bits per heavy atom. The van der Waals surface area contributed by atoms with Crippen LogP contribution in [0.4, 0.5) is 5.69 Å². The normalized spacial score (nSPS) is 10.8. The summed E-state index contributed by atoms with van der Waals surface area (Å²) in [6.45, 7) is 0. The van der Waals surface area contributed by atoms with Gasteiger partial charge in [0.25, 0.3) is 5.56 Å². The van der Waals surface area contributed by atoms with E-state index in [1.54, 1.807) is 44.4 Å². The molecule has 0 saturated carbocycles. The van der Waals surface area contributed by atoms with Crippen molar-refractivity contribution in [1.29, 1.82) is 0 Å². The summed E-state index contributed by atoms with van der Waals surface area (Å²) in [5.74, 6) is 0.0661. The predicted molar refractivity (Wildman–Crippen MR) is 103 cm³/mol. The third-order valence-corrected chi connectivity index (χ3v) is 5.09. The van der Waals surface area contributed by atoms with E-state index in [2.05, 4.69) is 4.98 Å². The summed E-state index contributed by atoms with van der Waals surface area (Å²) in [4.78, 5) is 30.8. The summed E-state index contributed by atoms with van der Waals surface area (Å²) in [6.07, 6.45) is 0. The van der Waals surface area contributed by atoms with Crippen LogP contribution < -0.4 is 10.5 Å². The van der Waals surface area contributed by atoms with Gasteiger partial charge in [-0.2, -0.15) is 0 Å². The van der Waals surface area contributed by atoms with Crippen molar-refractivity contribution in [2.75, 3.05) is 17.7 Å². The van der Waals surface area contributed by atoms with Gasteiger partial charge >= 0.3 is 0 Å². The highest BCUT2D eigenvalue weighted by molar-refractivity contribution is 7.99. The number of amides is 1. The van der Waals surface area contributed by atoms with Crippen LogP contribution in [-0.2, 0) is 11.8 Å². The number of aromatic nitrogens is 2. The highest BCUT2D eigenvalue weighted by Gasteiger charge is 2.14. The first kappa shape index (κ1) is 17.5. The second-order valence-corrected chi connectivity index (χ2v) is 6.88. The van der Waals surface area contributed by atoms with E-state index in [0.717, 1.165) is 5.69 Å². The van der Waals surface area contributed by atoms with Crippen LogP contribution >= 0.6 is 23.4 Å². The molecule has 3 rings (SSSR count). The van der Waals surface area contributed by atoms with E-state index in [-0.39, 0.29) is 17.2 Å². The van der Waals surface area contributed by atoms with E-state index < -0.39 is 0 Å². The van der Waals surface area contributed by atoms with Crippen LogP contribution in [0.15, 0.2) is 58.5 Å². The van der Waals surface area contributed by atoms with Crippen LogP contribution in [-0.4, -0.2) is 28.3 Å². The fourth-order valence-electron chi connectivity index (χ4n) is 2.38. The molecule has 1 amide bonds. The molecule has 0 radical (unpaired) electrons. The Bertz CT molecular complexity index is 1000. The molecule has 5 nitrogen and oxygen atoms in total. The lowest BCUT2D eigenvalue weighted by Crippen LogP contribution is -2.28. The number of hydrogen-bond donors (Lipinski definition) is 0. The maximum Gasteiger partial charge on any atom is 0.261 e. The summed E-state index contributed by atoms with van der Waals surface area (Å²) in [5, 5.41) is 1.65. The van der Waals surface area contributed by atoms with E-state index in [1.807, 2.05) is 18.2 Å². The summed E-state index contributed by atoms with van der Waals surface area (Å²) in [6, 6.07) is 14.3. The van der Waals surface area contributed by atoms with Gasteiger partial charge < -0.3 is 4.90 Å². The van der Waals surface area contributed by atoms with E-state index in [4.69, 9.17) is 11.6 Å². The topological polar surface area (TPSA) is 55.2 Å². The summed E-state index contributed by atoms with van der Waals surface area (Å²) < 4.78 is 1.47. The van der Waals surface area contributed by atoms with Crippen molar-refractivity contribution in [3.63, 3.8) is 0 Å². The number of para-hydroxylation sites is 1. The Kier molecular flexibility index (Phi) is 5.11. The molecular weight excluding hydrogens is 358 g/mol. The second kappa shape index (κ2) is 7.29. The van der Waals surface area contributed by atoms with Crippen molar-refractivity contribution >= 4 is 45.9 Å². The molecule has 7 heteroatoms. The van der Waals surface area contributed by atoms with Crippen LogP contribution in [0.1, 0.15) is 0 Å². The number of anilines is 1. The molecule has 0 fully saturated rings. The highest BCUT2D eigenvalue weighted by Crippen LogP contribution is 2.21. The fourth-order valence-corrected chi connectivity index (χ4v) is 3.45. The molecule has 0 bridgehead atoms. The van der Waals surface area contributed by atoms with Crippen molar-refractivity contribution in [3.05, 3.63) is 63.9 Å². The molecule has 0 unspecified atom stereocenters. The molecule has 0 aliphatic carbocycles. The minimum Gasteiger partial charge on any atom is -0.315 e. The van der Waals surface area contributed by atoms with Crippen molar-refractivity contribution in [3.8, 4) is 0 Å². The van der Waals surface area contributed by atoms with Crippen molar-refractivity contribution < 1.29 is 4.79 Å². The number of fused-ring (bicyclic) bond motifs is 1. The quantitative estimate of drug-likeness (QED) is 0.520. The Morgan fingerprint density at radius 3 is 2.76 bits per heavy atom. The van der Waals surface area contributed by atoms with E-state index in [0.29, 0.717) is 21.1 Å². The molecule has 3 aromatic rings. The minimum atomic E-state index is -0.122. The zero-order valence-corrected chi connectivity index (χ0v) is 15.3. The number of benzene rings is 2. The van der Waals surface area contributed by atoms with Crippen LogP contribution in [0, 0.1) is 0 Å². The Balaban J connectivity index is 1.79. The van der Waals surface area contributed by atoms with Gasteiger partial charge in [0.15, 0.2) is 5.16 Å². The van der Waals surface area contributed by atoms with Gasteiger partial charge in [0.1, 0.15) is 0 Å². The van der Waals surface area contributed by atoms with Crippen LogP contribution in [0.25, 0.3) is 10.9 Å². The largest absolute Gasteiger partial charge is 0.315 e. The lowest BCUT2D eigenvalue weighted by molar-refractivity contribution is -0.115. The van der Waals surface area contributed by atoms with Crippen LogP contribution in [0.2, 0.25) is 5.02 Å². The maximum atomic E-state index is 12.4. The number of halogens is 1. The summed E-state index contributed by atoms with van der Waals surface area (Å²) >= 11 is 7.21. The van der Waals surface area contributed by atoms with Gasteiger partial charge in [-0.3, -0.25) is 14.2 Å². The van der Waals surface area contributed by atoms with E-state index >= 15 is 0 Å².